The molecule has 1 aromatic heterocycles. The van der Waals surface area contributed by atoms with Gasteiger partial charge in [0.1, 0.15) is 0 Å². The molecule has 1 rings (SSSR count). The standard InChI is InChI=1S/C8H13NOS/c1-9-7(6-10)5-8-3-2-4-11-8/h2-4,7,9-10H,5-6H2,1H3. The van der Waals surface area contributed by atoms with Gasteiger partial charge in [-0.05, 0) is 24.9 Å². The van der Waals surface area contributed by atoms with Crippen LogP contribution in [0.5, 0.6) is 0 Å². The number of rotatable bonds is 4. The Morgan fingerprint density at radius 1 is 1.73 bits per heavy atom. The van der Waals surface area contributed by atoms with E-state index in [-0.39, 0.29) is 12.6 Å². The lowest BCUT2D eigenvalue weighted by Gasteiger charge is -2.10. The van der Waals surface area contributed by atoms with Crippen molar-refractivity contribution in [3.05, 3.63) is 22.4 Å². The second-order valence-electron chi connectivity index (χ2n) is 2.45. The molecule has 2 nitrogen and oxygen atoms in total. The van der Waals surface area contributed by atoms with Crippen molar-refractivity contribution in [2.75, 3.05) is 13.7 Å². The van der Waals surface area contributed by atoms with Gasteiger partial charge < -0.3 is 10.4 Å². The van der Waals surface area contributed by atoms with Crippen LogP contribution in [-0.4, -0.2) is 24.8 Å². The van der Waals surface area contributed by atoms with Crippen molar-refractivity contribution in [1.82, 2.24) is 5.32 Å². The summed E-state index contributed by atoms with van der Waals surface area (Å²) in [5.74, 6) is 0. The fourth-order valence-electron chi connectivity index (χ4n) is 0.929. The highest BCUT2D eigenvalue weighted by molar-refractivity contribution is 7.09. The van der Waals surface area contributed by atoms with Crippen molar-refractivity contribution in [3.8, 4) is 0 Å². The van der Waals surface area contributed by atoms with E-state index >= 15 is 0 Å². The average molecular weight is 171 g/mol. The minimum absolute atomic E-state index is 0.202. The van der Waals surface area contributed by atoms with E-state index in [0.717, 1.165) is 6.42 Å². The summed E-state index contributed by atoms with van der Waals surface area (Å²) >= 11 is 1.73. The second-order valence-corrected chi connectivity index (χ2v) is 3.48. The second kappa shape index (κ2) is 4.49. The van der Waals surface area contributed by atoms with Crippen molar-refractivity contribution in [2.24, 2.45) is 0 Å². The Hall–Kier alpha value is -0.380. The van der Waals surface area contributed by atoms with Crippen molar-refractivity contribution >= 4 is 11.3 Å². The number of likely N-dealkylation sites (N-methyl/N-ethyl adjacent to an activating group) is 1. The molecule has 0 aromatic carbocycles. The lowest BCUT2D eigenvalue weighted by atomic mass is 10.2. The van der Waals surface area contributed by atoms with E-state index in [1.54, 1.807) is 11.3 Å². The molecular formula is C8H13NOS. The summed E-state index contributed by atoms with van der Waals surface area (Å²) in [7, 11) is 1.87. The highest BCUT2D eigenvalue weighted by Crippen LogP contribution is 2.10. The summed E-state index contributed by atoms with van der Waals surface area (Å²) in [6.45, 7) is 0.203. The van der Waals surface area contributed by atoms with Crippen molar-refractivity contribution < 1.29 is 5.11 Å². The van der Waals surface area contributed by atoms with Crippen molar-refractivity contribution in [2.45, 2.75) is 12.5 Å². The maximum Gasteiger partial charge on any atom is 0.0588 e. The molecule has 0 fully saturated rings. The molecule has 0 radical (unpaired) electrons. The van der Waals surface area contributed by atoms with Crippen LogP contribution < -0.4 is 5.32 Å². The third-order valence-corrected chi connectivity index (χ3v) is 2.56. The van der Waals surface area contributed by atoms with E-state index in [4.69, 9.17) is 5.11 Å². The van der Waals surface area contributed by atoms with Gasteiger partial charge in [0, 0.05) is 10.9 Å². The molecule has 0 amide bonds. The van der Waals surface area contributed by atoms with Crippen LogP contribution in [-0.2, 0) is 6.42 Å². The monoisotopic (exact) mass is 171 g/mol. The molecule has 1 atom stereocenters. The van der Waals surface area contributed by atoms with E-state index in [1.807, 2.05) is 13.1 Å². The fourth-order valence-corrected chi connectivity index (χ4v) is 1.72. The van der Waals surface area contributed by atoms with Gasteiger partial charge in [0.2, 0.25) is 0 Å². The first kappa shape index (κ1) is 8.71. The zero-order valence-electron chi connectivity index (χ0n) is 6.58. The van der Waals surface area contributed by atoms with Gasteiger partial charge in [0.15, 0.2) is 0 Å². The van der Waals surface area contributed by atoms with E-state index in [0.29, 0.717) is 0 Å². The largest absolute Gasteiger partial charge is 0.395 e. The minimum atomic E-state index is 0.202. The highest BCUT2D eigenvalue weighted by atomic mass is 32.1. The van der Waals surface area contributed by atoms with E-state index < -0.39 is 0 Å². The van der Waals surface area contributed by atoms with Crippen LogP contribution in [0.15, 0.2) is 17.5 Å². The van der Waals surface area contributed by atoms with Gasteiger partial charge in [-0.2, -0.15) is 0 Å². The number of nitrogens with one attached hydrogen (secondary N) is 1. The minimum Gasteiger partial charge on any atom is -0.395 e. The number of hydrogen-bond donors (Lipinski definition) is 2. The molecule has 0 bridgehead atoms. The van der Waals surface area contributed by atoms with Gasteiger partial charge in [-0.1, -0.05) is 6.07 Å². The maximum atomic E-state index is 8.87. The van der Waals surface area contributed by atoms with Gasteiger partial charge in [-0.15, -0.1) is 11.3 Å². The van der Waals surface area contributed by atoms with Crippen molar-refractivity contribution in [1.29, 1.82) is 0 Å². The zero-order valence-corrected chi connectivity index (χ0v) is 7.40. The molecule has 0 saturated carbocycles. The Morgan fingerprint density at radius 3 is 3.00 bits per heavy atom. The summed E-state index contributed by atoms with van der Waals surface area (Å²) in [5.41, 5.74) is 0. The van der Waals surface area contributed by atoms with E-state index in [9.17, 15) is 0 Å². The first-order chi connectivity index (χ1) is 5.36. The Bertz CT molecular complexity index is 182. The molecule has 0 aliphatic carbocycles. The molecular weight excluding hydrogens is 158 g/mol. The number of hydrogen-bond acceptors (Lipinski definition) is 3. The van der Waals surface area contributed by atoms with Gasteiger partial charge in [-0.25, -0.2) is 0 Å². The quantitative estimate of drug-likeness (QED) is 0.704. The Balaban J connectivity index is 2.41. The van der Waals surface area contributed by atoms with Crippen LogP contribution >= 0.6 is 11.3 Å². The van der Waals surface area contributed by atoms with Gasteiger partial charge in [-0.3, -0.25) is 0 Å². The Morgan fingerprint density at radius 2 is 2.55 bits per heavy atom. The summed E-state index contributed by atoms with van der Waals surface area (Å²) in [6.07, 6.45) is 0.921. The molecule has 11 heavy (non-hydrogen) atoms. The smallest absolute Gasteiger partial charge is 0.0588 e. The first-order valence-corrected chi connectivity index (χ1v) is 4.55. The van der Waals surface area contributed by atoms with Gasteiger partial charge >= 0.3 is 0 Å². The molecule has 1 aromatic rings. The molecule has 62 valence electrons. The third kappa shape index (κ3) is 2.61. The SMILES string of the molecule is CNC(CO)Cc1cccs1. The number of aliphatic hydroxyl groups is 1. The molecule has 1 heterocycles. The Labute approximate surface area is 70.9 Å². The van der Waals surface area contributed by atoms with Gasteiger partial charge in [0.05, 0.1) is 6.61 Å². The lowest BCUT2D eigenvalue weighted by Crippen LogP contribution is -2.30. The average Bonchev–Trinajstić information content (AvgIpc) is 2.52. The number of thiophene rings is 1. The van der Waals surface area contributed by atoms with Crippen LogP contribution in [0.2, 0.25) is 0 Å². The first-order valence-electron chi connectivity index (χ1n) is 3.67. The van der Waals surface area contributed by atoms with Crippen LogP contribution in [0.3, 0.4) is 0 Å². The predicted molar refractivity (Wildman–Crippen MR) is 48.0 cm³/mol. The van der Waals surface area contributed by atoms with Crippen LogP contribution in [0.4, 0.5) is 0 Å². The fraction of sp³-hybridized carbons (Fsp3) is 0.500. The molecule has 0 aliphatic heterocycles. The zero-order chi connectivity index (χ0) is 8.10. The van der Waals surface area contributed by atoms with E-state index in [2.05, 4.69) is 16.8 Å². The molecule has 0 saturated heterocycles. The van der Waals surface area contributed by atoms with Gasteiger partial charge in [0.25, 0.3) is 0 Å². The third-order valence-electron chi connectivity index (χ3n) is 1.66. The molecule has 0 aliphatic rings. The maximum absolute atomic E-state index is 8.87. The van der Waals surface area contributed by atoms with Crippen molar-refractivity contribution in [3.63, 3.8) is 0 Å². The summed E-state index contributed by atoms with van der Waals surface area (Å²) in [4.78, 5) is 1.32. The predicted octanol–water partition coefficient (Wildman–Crippen LogP) is 0.871. The molecule has 0 spiro atoms. The summed E-state index contributed by atoms with van der Waals surface area (Å²) in [5, 5.41) is 14.0. The van der Waals surface area contributed by atoms with E-state index in [1.165, 1.54) is 4.88 Å². The summed E-state index contributed by atoms with van der Waals surface area (Å²) in [6, 6.07) is 4.32. The molecule has 3 heteroatoms. The van der Waals surface area contributed by atoms with Crippen LogP contribution in [0.1, 0.15) is 4.88 Å². The van der Waals surface area contributed by atoms with Crippen LogP contribution in [0.25, 0.3) is 0 Å². The van der Waals surface area contributed by atoms with Crippen LogP contribution in [0, 0.1) is 0 Å². The summed E-state index contributed by atoms with van der Waals surface area (Å²) < 4.78 is 0. The molecule has 2 N–H and O–H groups in total. The number of aliphatic hydroxyl groups excluding tert-OH is 1. The molecule has 1 unspecified atom stereocenters. The normalized spacial score (nSPS) is 13.3. The highest BCUT2D eigenvalue weighted by Gasteiger charge is 2.04. The Kier molecular flexibility index (Phi) is 3.56. The topological polar surface area (TPSA) is 32.3 Å². The lowest BCUT2D eigenvalue weighted by molar-refractivity contribution is 0.248.